The van der Waals surface area contributed by atoms with Crippen LogP contribution in [0.25, 0.3) is 0 Å². The number of piperidine rings is 1. The second-order valence-electron chi connectivity index (χ2n) is 5.34. The average Bonchev–Trinajstić information content (AvgIpc) is 2.54. The summed E-state index contributed by atoms with van der Waals surface area (Å²) in [5.41, 5.74) is 0.371. The Bertz CT molecular complexity index is 531. The molecule has 1 aliphatic rings. The van der Waals surface area contributed by atoms with Crippen molar-refractivity contribution >= 4 is 11.6 Å². The van der Waals surface area contributed by atoms with Crippen LogP contribution in [0.1, 0.15) is 26.2 Å². The van der Waals surface area contributed by atoms with Gasteiger partial charge in [-0.25, -0.2) is 0 Å². The minimum absolute atomic E-state index is 0.000216. The first-order valence-electron chi connectivity index (χ1n) is 7.32. The van der Waals surface area contributed by atoms with Crippen LogP contribution < -0.4 is 15.4 Å². The van der Waals surface area contributed by atoms with Gasteiger partial charge in [0.15, 0.2) is 6.61 Å². The zero-order valence-electron chi connectivity index (χ0n) is 12.3. The molecule has 21 heavy (non-hydrogen) atoms. The molecule has 5 nitrogen and oxygen atoms in total. The molecule has 2 rings (SSSR count). The van der Waals surface area contributed by atoms with Crippen molar-refractivity contribution in [2.75, 3.05) is 25.0 Å². The first kappa shape index (κ1) is 15.3. The predicted molar refractivity (Wildman–Crippen MR) is 81.0 cm³/mol. The summed E-state index contributed by atoms with van der Waals surface area (Å²) in [6, 6.07) is 9.07. The molecule has 0 aromatic heterocycles. The number of hydrogen-bond acceptors (Lipinski definition) is 4. The fourth-order valence-corrected chi connectivity index (χ4v) is 2.67. The van der Waals surface area contributed by atoms with Crippen molar-refractivity contribution in [3.05, 3.63) is 24.3 Å². The van der Waals surface area contributed by atoms with E-state index in [9.17, 15) is 4.79 Å². The van der Waals surface area contributed by atoms with E-state index in [-0.39, 0.29) is 17.9 Å². The first-order chi connectivity index (χ1) is 10.2. The topological polar surface area (TPSA) is 74.1 Å². The van der Waals surface area contributed by atoms with Gasteiger partial charge >= 0.3 is 0 Å². The zero-order chi connectivity index (χ0) is 15.1. The molecule has 1 fully saturated rings. The first-order valence-corrected chi connectivity index (χ1v) is 7.32. The van der Waals surface area contributed by atoms with E-state index in [1.54, 1.807) is 18.2 Å². The summed E-state index contributed by atoms with van der Waals surface area (Å²) in [5.74, 6) is 0.635. The summed E-state index contributed by atoms with van der Waals surface area (Å²) in [5, 5.41) is 14.8. The summed E-state index contributed by atoms with van der Waals surface area (Å²) in [6.07, 6.45) is 2.75. The van der Waals surface area contributed by atoms with Gasteiger partial charge in [0.1, 0.15) is 11.8 Å². The highest BCUT2D eigenvalue weighted by Gasteiger charge is 2.37. The maximum atomic E-state index is 12.6. The van der Waals surface area contributed by atoms with E-state index >= 15 is 0 Å². The molecule has 0 saturated carbocycles. The van der Waals surface area contributed by atoms with Crippen molar-refractivity contribution in [2.24, 2.45) is 5.41 Å². The van der Waals surface area contributed by atoms with E-state index < -0.39 is 0 Å². The number of amides is 1. The minimum atomic E-state index is -0.332. The van der Waals surface area contributed by atoms with Gasteiger partial charge in [0.25, 0.3) is 0 Å². The van der Waals surface area contributed by atoms with Crippen LogP contribution in [0.3, 0.4) is 0 Å². The second kappa shape index (κ2) is 7.09. The van der Waals surface area contributed by atoms with E-state index in [1.165, 1.54) is 0 Å². The highest BCUT2D eigenvalue weighted by Crippen LogP contribution is 2.32. The number of hydrogen-bond donors (Lipinski definition) is 2. The Morgan fingerprint density at radius 2 is 2.43 bits per heavy atom. The Balaban J connectivity index is 2.06. The third-order valence-corrected chi connectivity index (χ3v) is 4.03. The molecule has 0 aliphatic carbocycles. The summed E-state index contributed by atoms with van der Waals surface area (Å²) >= 11 is 0. The lowest BCUT2D eigenvalue weighted by Gasteiger charge is -2.35. The number of nitrogens with zero attached hydrogens (tertiary/aromatic N) is 1. The molecule has 0 bridgehead atoms. The van der Waals surface area contributed by atoms with Crippen LogP contribution in [0.15, 0.2) is 24.3 Å². The van der Waals surface area contributed by atoms with Crippen LogP contribution in [0, 0.1) is 16.7 Å². The molecule has 5 heteroatoms. The second-order valence-corrected chi connectivity index (χ2v) is 5.34. The molecule has 1 aromatic rings. The van der Waals surface area contributed by atoms with Crippen molar-refractivity contribution in [2.45, 2.75) is 26.2 Å². The van der Waals surface area contributed by atoms with Gasteiger partial charge in [0.05, 0.1) is 5.41 Å². The molecule has 0 radical (unpaired) electrons. The Labute approximate surface area is 125 Å². The van der Waals surface area contributed by atoms with E-state index in [1.807, 2.05) is 12.1 Å². The summed E-state index contributed by atoms with van der Waals surface area (Å²) < 4.78 is 5.25. The summed E-state index contributed by atoms with van der Waals surface area (Å²) in [7, 11) is 0. The van der Waals surface area contributed by atoms with Gasteiger partial charge in [0.2, 0.25) is 5.91 Å². The SMILES string of the molecule is CCC1(C(=O)Nc2cccc(OCC#N)c2)CCCNC1. The van der Waals surface area contributed by atoms with Gasteiger partial charge in [-0.05, 0) is 37.9 Å². The highest BCUT2D eigenvalue weighted by atomic mass is 16.5. The number of ether oxygens (including phenoxy) is 1. The lowest BCUT2D eigenvalue weighted by Crippen LogP contribution is -2.47. The zero-order valence-corrected chi connectivity index (χ0v) is 12.3. The van der Waals surface area contributed by atoms with Crippen LogP contribution >= 0.6 is 0 Å². The minimum Gasteiger partial charge on any atom is -0.479 e. The van der Waals surface area contributed by atoms with Gasteiger partial charge in [-0.1, -0.05) is 13.0 Å². The predicted octanol–water partition coefficient (Wildman–Crippen LogP) is 2.31. The lowest BCUT2D eigenvalue weighted by atomic mass is 9.77. The number of anilines is 1. The molecule has 1 aliphatic heterocycles. The molecular weight excluding hydrogens is 266 g/mol. The van der Waals surface area contributed by atoms with Crippen molar-refractivity contribution in [3.63, 3.8) is 0 Å². The molecule has 1 atom stereocenters. The Morgan fingerprint density at radius 1 is 1.57 bits per heavy atom. The van der Waals surface area contributed by atoms with Crippen LogP contribution in [0.2, 0.25) is 0 Å². The highest BCUT2D eigenvalue weighted by molar-refractivity contribution is 5.95. The Hall–Kier alpha value is -2.06. The van der Waals surface area contributed by atoms with Crippen LogP contribution in [-0.4, -0.2) is 25.6 Å². The van der Waals surface area contributed by atoms with Crippen molar-refractivity contribution in [3.8, 4) is 11.8 Å². The number of nitrogens with one attached hydrogen (secondary N) is 2. The van der Waals surface area contributed by atoms with Gasteiger partial charge in [-0.3, -0.25) is 4.79 Å². The fourth-order valence-electron chi connectivity index (χ4n) is 2.67. The van der Waals surface area contributed by atoms with Crippen molar-refractivity contribution in [1.82, 2.24) is 5.32 Å². The smallest absolute Gasteiger partial charge is 0.231 e. The number of benzene rings is 1. The number of carbonyl (C=O) groups excluding carboxylic acids is 1. The van der Waals surface area contributed by atoms with E-state index in [2.05, 4.69) is 17.6 Å². The van der Waals surface area contributed by atoms with Gasteiger partial charge in [0, 0.05) is 18.3 Å². The van der Waals surface area contributed by atoms with Gasteiger partial charge in [-0.2, -0.15) is 5.26 Å². The van der Waals surface area contributed by atoms with Crippen LogP contribution in [0.5, 0.6) is 5.75 Å². The van der Waals surface area contributed by atoms with Gasteiger partial charge in [-0.15, -0.1) is 0 Å². The normalized spacial score (nSPS) is 21.3. The third-order valence-electron chi connectivity index (χ3n) is 4.03. The molecule has 1 aromatic carbocycles. The monoisotopic (exact) mass is 287 g/mol. The average molecular weight is 287 g/mol. The summed E-state index contributed by atoms with van der Waals surface area (Å²) in [6.45, 7) is 3.76. The molecule has 1 unspecified atom stereocenters. The molecule has 0 spiro atoms. The Morgan fingerprint density at radius 3 is 3.10 bits per heavy atom. The number of nitriles is 1. The van der Waals surface area contributed by atoms with Crippen LogP contribution in [0.4, 0.5) is 5.69 Å². The summed E-state index contributed by atoms with van der Waals surface area (Å²) in [4.78, 5) is 12.6. The van der Waals surface area contributed by atoms with E-state index in [0.29, 0.717) is 11.4 Å². The maximum Gasteiger partial charge on any atom is 0.231 e. The van der Waals surface area contributed by atoms with Gasteiger partial charge < -0.3 is 15.4 Å². The fraction of sp³-hybridized carbons (Fsp3) is 0.500. The molecule has 1 saturated heterocycles. The molecule has 1 amide bonds. The van der Waals surface area contributed by atoms with E-state index in [4.69, 9.17) is 10.00 Å². The number of rotatable bonds is 5. The standard InChI is InChI=1S/C16H21N3O2/c1-2-16(7-4-9-18-12-16)15(20)19-13-5-3-6-14(11-13)21-10-8-17/h3,5-6,11,18H,2,4,7,9-10,12H2,1H3,(H,19,20). The largest absolute Gasteiger partial charge is 0.479 e. The maximum absolute atomic E-state index is 12.6. The molecule has 112 valence electrons. The van der Waals surface area contributed by atoms with Crippen molar-refractivity contribution < 1.29 is 9.53 Å². The van der Waals surface area contributed by atoms with Crippen LogP contribution in [-0.2, 0) is 4.79 Å². The number of carbonyl (C=O) groups is 1. The van der Waals surface area contributed by atoms with Crippen molar-refractivity contribution in [1.29, 1.82) is 5.26 Å². The molecule has 2 N–H and O–H groups in total. The van der Waals surface area contributed by atoms with E-state index in [0.717, 1.165) is 32.4 Å². The third kappa shape index (κ3) is 3.73. The quantitative estimate of drug-likeness (QED) is 0.871. The molecule has 1 heterocycles. The Kier molecular flexibility index (Phi) is 5.18. The lowest BCUT2D eigenvalue weighted by molar-refractivity contribution is -0.126. The molecular formula is C16H21N3O2.